The van der Waals surface area contributed by atoms with Gasteiger partial charge in [-0.15, -0.1) is 0 Å². The SMILES string of the molecule is Cc1[nH]nc2cc(C(=O)O)[nH]c12. The number of nitrogens with zero attached hydrogens (tertiary/aromatic N) is 1. The van der Waals surface area contributed by atoms with Gasteiger partial charge in [0.2, 0.25) is 0 Å². The van der Waals surface area contributed by atoms with Crippen LogP contribution >= 0.6 is 0 Å². The van der Waals surface area contributed by atoms with Gasteiger partial charge in [-0.3, -0.25) is 5.10 Å². The van der Waals surface area contributed by atoms with Crippen LogP contribution in [0.2, 0.25) is 0 Å². The summed E-state index contributed by atoms with van der Waals surface area (Å²) in [6.07, 6.45) is 0. The molecule has 0 atom stereocenters. The smallest absolute Gasteiger partial charge is 0.352 e. The number of aromatic carboxylic acids is 1. The molecule has 0 aliphatic heterocycles. The maximum Gasteiger partial charge on any atom is 0.352 e. The molecule has 0 saturated carbocycles. The Morgan fingerprint density at radius 3 is 3.00 bits per heavy atom. The number of fused-ring (bicyclic) bond motifs is 1. The van der Waals surface area contributed by atoms with Crippen LogP contribution in [0.4, 0.5) is 0 Å². The first-order valence-corrected chi connectivity index (χ1v) is 3.45. The second-order valence-electron chi connectivity index (χ2n) is 2.60. The average molecular weight is 165 g/mol. The van der Waals surface area contributed by atoms with E-state index >= 15 is 0 Å². The average Bonchev–Trinajstić information content (AvgIpc) is 2.53. The van der Waals surface area contributed by atoms with Crippen LogP contribution < -0.4 is 0 Å². The zero-order valence-corrected chi connectivity index (χ0v) is 6.38. The number of H-pyrrole nitrogens is 2. The number of carbonyl (C=O) groups is 1. The Morgan fingerprint density at radius 2 is 2.42 bits per heavy atom. The molecule has 2 aromatic rings. The van der Waals surface area contributed by atoms with Crippen LogP contribution in [-0.2, 0) is 0 Å². The molecule has 0 aliphatic carbocycles. The van der Waals surface area contributed by atoms with Crippen molar-refractivity contribution in [3.05, 3.63) is 17.5 Å². The molecule has 0 radical (unpaired) electrons. The van der Waals surface area contributed by atoms with Gasteiger partial charge in [0, 0.05) is 0 Å². The van der Waals surface area contributed by atoms with Crippen LogP contribution in [0.15, 0.2) is 6.07 Å². The van der Waals surface area contributed by atoms with Crippen molar-refractivity contribution in [1.29, 1.82) is 0 Å². The van der Waals surface area contributed by atoms with E-state index in [4.69, 9.17) is 5.11 Å². The number of carboxylic acids is 1. The van der Waals surface area contributed by atoms with Crippen LogP contribution in [-0.4, -0.2) is 26.3 Å². The van der Waals surface area contributed by atoms with Crippen molar-refractivity contribution in [2.24, 2.45) is 0 Å². The molecular weight excluding hydrogens is 158 g/mol. The highest BCUT2D eigenvalue weighted by atomic mass is 16.4. The van der Waals surface area contributed by atoms with E-state index in [0.29, 0.717) is 5.52 Å². The molecule has 3 N–H and O–H groups in total. The number of aryl methyl sites for hydroxylation is 1. The first-order valence-electron chi connectivity index (χ1n) is 3.45. The van der Waals surface area contributed by atoms with E-state index in [1.54, 1.807) is 0 Å². The van der Waals surface area contributed by atoms with Gasteiger partial charge in [0.25, 0.3) is 0 Å². The summed E-state index contributed by atoms with van der Waals surface area (Å²) in [6.45, 7) is 1.83. The quantitative estimate of drug-likeness (QED) is 0.587. The number of carboxylic acid groups (broad SMARTS) is 1. The van der Waals surface area contributed by atoms with E-state index in [9.17, 15) is 4.79 Å². The highest BCUT2D eigenvalue weighted by Crippen LogP contribution is 2.15. The van der Waals surface area contributed by atoms with Crippen molar-refractivity contribution in [2.45, 2.75) is 6.92 Å². The molecule has 2 rings (SSSR count). The predicted octanol–water partition coefficient (Wildman–Crippen LogP) is 0.898. The minimum Gasteiger partial charge on any atom is -0.477 e. The fourth-order valence-corrected chi connectivity index (χ4v) is 1.13. The Hall–Kier alpha value is -1.78. The van der Waals surface area contributed by atoms with E-state index in [1.807, 2.05) is 6.92 Å². The topological polar surface area (TPSA) is 81.8 Å². The maximum atomic E-state index is 10.5. The Bertz CT molecular complexity index is 440. The van der Waals surface area contributed by atoms with Crippen LogP contribution in [0, 0.1) is 6.92 Å². The Morgan fingerprint density at radius 1 is 1.67 bits per heavy atom. The molecule has 0 bridgehead atoms. The third kappa shape index (κ3) is 0.795. The number of rotatable bonds is 1. The van der Waals surface area contributed by atoms with Crippen molar-refractivity contribution in [3.8, 4) is 0 Å². The molecule has 0 unspecified atom stereocenters. The largest absolute Gasteiger partial charge is 0.477 e. The molecule has 2 heterocycles. The molecular formula is C7H7N3O2. The summed E-state index contributed by atoms with van der Waals surface area (Å²) in [5.74, 6) is -0.965. The monoisotopic (exact) mass is 165 g/mol. The Balaban J connectivity index is 2.70. The Kier molecular flexibility index (Phi) is 1.21. The molecule has 0 spiro atoms. The summed E-state index contributed by atoms with van der Waals surface area (Å²) < 4.78 is 0. The zero-order chi connectivity index (χ0) is 8.72. The molecule has 0 aliphatic rings. The molecule has 12 heavy (non-hydrogen) atoms. The second-order valence-corrected chi connectivity index (χ2v) is 2.60. The number of aromatic nitrogens is 3. The lowest BCUT2D eigenvalue weighted by atomic mass is 10.4. The summed E-state index contributed by atoms with van der Waals surface area (Å²) in [5, 5.41) is 15.3. The first kappa shape index (κ1) is 6.90. The van der Waals surface area contributed by atoms with E-state index in [-0.39, 0.29) is 5.69 Å². The third-order valence-corrected chi connectivity index (χ3v) is 1.75. The standard InChI is InChI=1S/C7H7N3O2/c1-3-6-4(10-9-3)2-5(8-6)7(11)12/h2,8H,1H3,(H,9,10)(H,11,12). The molecule has 5 nitrogen and oxygen atoms in total. The van der Waals surface area contributed by atoms with Gasteiger partial charge in [-0.1, -0.05) is 0 Å². The number of nitrogens with one attached hydrogen (secondary N) is 2. The highest BCUT2D eigenvalue weighted by molar-refractivity contribution is 5.92. The van der Waals surface area contributed by atoms with E-state index in [2.05, 4.69) is 15.2 Å². The van der Waals surface area contributed by atoms with Gasteiger partial charge >= 0.3 is 5.97 Å². The van der Waals surface area contributed by atoms with Gasteiger partial charge in [-0.25, -0.2) is 4.79 Å². The predicted molar refractivity (Wildman–Crippen MR) is 42.1 cm³/mol. The Labute approximate surface area is 67.4 Å². The third-order valence-electron chi connectivity index (χ3n) is 1.75. The van der Waals surface area contributed by atoms with Crippen LogP contribution in [0.5, 0.6) is 0 Å². The van der Waals surface area contributed by atoms with Gasteiger partial charge in [0.05, 0.1) is 11.2 Å². The minimum atomic E-state index is -0.965. The number of hydrogen-bond donors (Lipinski definition) is 3. The van der Waals surface area contributed by atoms with Gasteiger partial charge in [0.15, 0.2) is 0 Å². The van der Waals surface area contributed by atoms with Crippen molar-refractivity contribution < 1.29 is 9.90 Å². The zero-order valence-electron chi connectivity index (χ0n) is 6.38. The summed E-state index contributed by atoms with van der Waals surface area (Å²) in [7, 11) is 0. The summed E-state index contributed by atoms with van der Waals surface area (Å²) in [6, 6.07) is 1.50. The number of hydrogen-bond acceptors (Lipinski definition) is 2. The minimum absolute atomic E-state index is 0.171. The van der Waals surface area contributed by atoms with Gasteiger partial charge in [-0.05, 0) is 13.0 Å². The van der Waals surface area contributed by atoms with Crippen molar-refractivity contribution in [3.63, 3.8) is 0 Å². The van der Waals surface area contributed by atoms with Crippen LogP contribution in [0.3, 0.4) is 0 Å². The van der Waals surface area contributed by atoms with Crippen molar-refractivity contribution in [1.82, 2.24) is 15.2 Å². The lowest BCUT2D eigenvalue weighted by Gasteiger charge is -1.85. The molecule has 2 aromatic heterocycles. The van der Waals surface area contributed by atoms with Gasteiger partial charge in [0.1, 0.15) is 11.2 Å². The van der Waals surface area contributed by atoms with E-state index in [1.165, 1.54) is 6.07 Å². The number of aromatic amines is 2. The first-order chi connectivity index (χ1) is 5.68. The summed E-state index contributed by atoms with van der Waals surface area (Å²) >= 11 is 0. The van der Waals surface area contributed by atoms with Gasteiger partial charge < -0.3 is 10.1 Å². The molecule has 0 saturated heterocycles. The normalized spacial score (nSPS) is 10.8. The second kappa shape index (κ2) is 2.10. The molecule has 5 heteroatoms. The maximum absolute atomic E-state index is 10.5. The summed E-state index contributed by atoms with van der Waals surface area (Å²) in [4.78, 5) is 13.3. The highest BCUT2D eigenvalue weighted by Gasteiger charge is 2.10. The van der Waals surface area contributed by atoms with E-state index < -0.39 is 5.97 Å². The molecule has 62 valence electrons. The fraction of sp³-hybridized carbons (Fsp3) is 0.143. The lowest BCUT2D eigenvalue weighted by Crippen LogP contribution is -1.95. The fourth-order valence-electron chi connectivity index (χ4n) is 1.13. The summed E-state index contributed by atoms with van der Waals surface area (Å²) in [5.41, 5.74) is 2.43. The molecule has 0 amide bonds. The van der Waals surface area contributed by atoms with Crippen LogP contribution in [0.1, 0.15) is 16.2 Å². The molecule has 0 aromatic carbocycles. The lowest BCUT2D eigenvalue weighted by molar-refractivity contribution is 0.0691. The van der Waals surface area contributed by atoms with E-state index in [0.717, 1.165) is 11.2 Å². The van der Waals surface area contributed by atoms with Gasteiger partial charge in [-0.2, -0.15) is 5.10 Å². The van der Waals surface area contributed by atoms with Crippen molar-refractivity contribution in [2.75, 3.05) is 0 Å². The van der Waals surface area contributed by atoms with Crippen LogP contribution in [0.25, 0.3) is 11.0 Å². The molecule has 0 fully saturated rings. The van der Waals surface area contributed by atoms with Crippen molar-refractivity contribution >= 4 is 17.0 Å².